The first-order chi connectivity index (χ1) is 7.91. The van der Waals surface area contributed by atoms with Gasteiger partial charge in [-0.15, -0.1) is 5.10 Å². The molecule has 0 aliphatic rings. The van der Waals surface area contributed by atoms with Gasteiger partial charge in [-0.2, -0.15) is 5.10 Å². The molecule has 6 N–H and O–H groups in total. The lowest BCUT2D eigenvalue weighted by Crippen LogP contribution is -2.33. The van der Waals surface area contributed by atoms with Gasteiger partial charge in [-0.1, -0.05) is 0 Å². The van der Waals surface area contributed by atoms with Crippen LogP contribution in [-0.4, -0.2) is 29.3 Å². The quantitative estimate of drug-likeness (QED) is 0.217. The van der Waals surface area contributed by atoms with Gasteiger partial charge in [0.05, 0.1) is 6.21 Å². The fourth-order valence-corrected chi connectivity index (χ4v) is 1.07. The molecule has 0 aliphatic heterocycles. The summed E-state index contributed by atoms with van der Waals surface area (Å²) in [6, 6.07) is 1.40. The Morgan fingerprint density at radius 2 is 1.82 bits per heavy atom. The second kappa shape index (κ2) is 5.37. The highest BCUT2D eigenvalue weighted by Gasteiger charge is 2.18. The smallest absolute Gasteiger partial charge is 0.423 e. The van der Waals surface area contributed by atoms with Crippen LogP contribution >= 0.6 is 0 Å². The van der Waals surface area contributed by atoms with Crippen molar-refractivity contribution in [2.75, 3.05) is 0 Å². The molecule has 0 radical (unpaired) electrons. The summed E-state index contributed by atoms with van der Waals surface area (Å²) in [5.74, 6) is -2.68. The summed E-state index contributed by atoms with van der Waals surface area (Å²) < 4.78 is 25.8. The predicted molar refractivity (Wildman–Crippen MR) is 59.6 cm³/mol. The maximum absolute atomic E-state index is 12.9. The van der Waals surface area contributed by atoms with Crippen molar-refractivity contribution in [1.82, 2.24) is 0 Å². The Morgan fingerprint density at radius 3 is 2.35 bits per heavy atom. The molecule has 0 amide bonds. The predicted octanol–water partition coefficient (Wildman–Crippen LogP) is -1.75. The van der Waals surface area contributed by atoms with Crippen LogP contribution < -0.4 is 16.9 Å². The van der Waals surface area contributed by atoms with Gasteiger partial charge in [0.25, 0.3) is 0 Å². The molecule has 0 bridgehead atoms. The zero-order valence-corrected chi connectivity index (χ0v) is 8.51. The normalized spacial score (nSPS) is 10.6. The van der Waals surface area contributed by atoms with Crippen LogP contribution in [0.2, 0.25) is 0 Å². The summed E-state index contributed by atoms with van der Waals surface area (Å²) in [5, 5.41) is 24.5. The number of rotatable bonds is 3. The Balaban J connectivity index is 3.17. The summed E-state index contributed by atoms with van der Waals surface area (Å²) in [6.45, 7) is 0. The van der Waals surface area contributed by atoms with Crippen LogP contribution in [0, 0.1) is 11.6 Å². The fraction of sp³-hybridized carbons (Fsp3) is 0. The molecular formula is C8H9BF2N4O2. The van der Waals surface area contributed by atoms with Gasteiger partial charge in [-0.25, -0.2) is 8.78 Å². The van der Waals surface area contributed by atoms with E-state index in [0.717, 1.165) is 12.3 Å². The van der Waals surface area contributed by atoms with E-state index in [1.807, 2.05) is 0 Å². The Hall–Kier alpha value is -2.00. The first kappa shape index (κ1) is 13.1. The fourth-order valence-electron chi connectivity index (χ4n) is 1.07. The van der Waals surface area contributed by atoms with E-state index in [1.165, 1.54) is 0 Å². The number of halogens is 2. The van der Waals surface area contributed by atoms with Crippen LogP contribution in [0.25, 0.3) is 0 Å². The molecule has 0 heterocycles. The average molecular weight is 242 g/mol. The molecule has 17 heavy (non-hydrogen) atoms. The van der Waals surface area contributed by atoms with Crippen molar-refractivity contribution >= 4 is 24.8 Å². The van der Waals surface area contributed by atoms with Crippen molar-refractivity contribution in [3.63, 3.8) is 0 Å². The average Bonchev–Trinajstić information content (AvgIpc) is 2.22. The van der Waals surface area contributed by atoms with Gasteiger partial charge < -0.3 is 21.5 Å². The highest BCUT2D eigenvalue weighted by atomic mass is 19.2. The van der Waals surface area contributed by atoms with Gasteiger partial charge in [0.15, 0.2) is 11.6 Å². The van der Waals surface area contributed by atoms with E-state index in [1.54, 1.807) is 0 Å². The van der Waals surface area contributed by atoms with Crippen molar-refractivity contribution < 1.29 is 18.8 Å². The molecule has 1 rings (SSSR count). The van der Waals surface area contributed by atoms with Crippen LogP contribution in [0.5, 0.6) is 0 Å². The van der Waals surface area contributed by atoms with Crippen molar-refractivity contribution in [2.45, 2.75) is 0 Å². The molecule has 0 aromatic heterocycles. The van der Waals surface area contributed by atoms with E-state index in [2.05, 4.69) is 10.2 Å². The molecule has 1 aromatic carbocycles. The molecule has 0 aliphatic carbocycles. The molecule has 0 saturated carbocycles. The molecular weight excluding hydrogens is 233 g/mol. The van der Waals surface area contributed by atoms with Gasteiger partial charge >= 0.3 is 7.12 Å². The third kappa shape index (κ3) is 3.50. The molecule has 6 nitrogen and oxygen atoms in total. The van der Waals surface area contributed by atoms with Crippen LogP contribution in [0.4, 0.5) is 8.78 Å². The van der Waals surface area contributed by atoms with Crippen LogP contribution in [0.3, 0.4) is 0 Å². The first-order valence-electron chi connectivity index (χ1n) is 4.39. The molecule has 9 heteroatoms. The van der Waals surface area contributed by atoms with E-state index >= 15 is 0 Å². The monoisotopic (exact) mass is 242 g/mol. The van der Waals surface area contributed by atoms with Crippen molar-refractivity contribution in [2.24, 2.45) is 21.7 Å². The molecule has 1 aromatic rings. The topological polar surface area (TPSA) is 117 Å². The van der Waals surface area contributed by atoms with Crippen molar-refractivity contribution in [1.29, 1.82) is 0 Å². The minimum absolute atomic E-state index is 0.0519. The largest absolute Gasteiger partial charge is 0.489 e. The van der Waals surface area contributed by atoms with Crippen LogP contribution in [-0.2, 0) is 0 Å². The van der Waals surface area contributed by atoms with E-state index in [4.69, 9.17) is 21.5 Å². The number of guanidine groups is 1. The maximum Gasteiger partial charge on any atom is 0.489 e. The zero-order chi connectivity index (χ0) is 13.0. The number of nitrogens with two attached hydrogens (primary N) is 2. The summed E-state index contributed by atoms with van der Waals surface area (Å²) >= 11 is 0. The van der Waals surface area contributed by atoms with Gasteiger partial charge in [0, 0.05) is 0 Å². The third-order valence-corrected chi connectivity index (χ3v) is 1.77. The van der Waals surface area contributed by atoms with Crippen molar-refractivity contribution in [3.05, 3.63) is 29.3 Å². The van der Waals surface area contributed by atoms with E-state index in [0.29, 0.717) is 6.07 Å². The standard InChI is InChI=1S/C8H9BF2N4O2/c10-6-1-4(3-14-15-8(12)13)5(9(16)17)2-7(6)11/h1-3,16-17H,(H4,12,13,15). The molecule has 90 valence electrons. The van der Waals surface area contributed by atoms with Gasteiger partial charge in [0.2, 0.25) is 5.96 Å². The summed E-state index contributed by atoms with van der Waals surface area (Å²) in [5.41, 5.74) is 9.68. The van der Waals surface area contributed by atoms with Crippen molar-refractivity contribution in [3.8, 4) is 0 Å². The van der Waals surface area contributed by atoms with E-state index < -0.39 is 18.8 Å². The van der Waals surface area contributed by atoms with Gasteiger partial charge in [-0.3, -0.25) is 0 Å². The Morgan fingerprint density at radius 1 is 1.24 bits per heavy atom. The summed E-state index contributed by atoms with van der Waals surface area (Å²) in [7, 11) is -1.97. The minimum Gasteiger partial charge on any atom is -0.423 e. The Labute approximate surface area is 95.4 Å². The number of nitrogens with zero attached hydrogens (tertiary/aromatic N) is 2. The maximum atomic E-state index is 12.9. The van der Waals surface area contributed by atoms with E-state index in [-0.39, 0.29) is 17.0 Å². The molecule has 0 atom stereocenters. The lowest BCUT2D eigenvalue weighted by atomic mass is 9.77. The number of hydrogen-bond donors (Lipinski definition) is 4. The Bertz CT molecular complexity index is 475. The molecule has 0 unspecified atom stereocenters. The van der Waals surface area contributed by atoms with Gasteiger partial charge in [-0.05, 0) is 23.2 Å². The third-order valence-electron chi connectivity index (χ3n) is 1.77. The SMILES string of the molecule is NC(N)=NN=Cc1cc(F)c(F)cc1B(O)O. The molecule has 0 saturated heterocycles. The number of hydrogen-bond acceptors (Lipinski definition) is 4. The highest BCUT2D eigenvalue weighted by molar-refractivity contribution is 6.60. The lowest BCUT2D eigenvalue weighted by Gasteiger charge is -2.04. The first-order valence-corrected chi connectivity index (χ1v) is 4.39. The Kier molecular flexibility index (Phi) is 4.13. The lowest BCUT2D eigenvalue weighted by molar-refractivity contribution is 0.425. The molecule has 0 fully saturated rings. The highest BCUT2D eigenvalue weighted by Crippen LogP contribution is 2.06. The van der Waals surface area contributed by atoms with Gasteiger partial charge in [0.1, 0.15) is 0 Å². The molecule has 0 spiro atoms. The second-order valence-corrected chi connectivity index (χ2v) is 3.04. The summed E-state index contributed by atoms with van der Waals surface area (Å²) in [4.78, 5) is 0. The van der Waals surface area contributed by atoms with E-state index in [9.17, 15) is 8.78 Å². The zero-order valence-electron chi connectivity index (χ0n) is 8.51. The van der Waals surface area contributed by atoms with Crippen LogP contribution in [0.15, 0.2) is 22.3 Å². The number of benzene rings is 1. The minimum atomic E-state index is -1.97. The summed E-state index contributed by atoms with van der Waals surface area (Å²) in [6.07, 6.45) is 0.969. The van der Waals surface area contributed by atoms with Crippen LogP contribution in [0.1, 0.15) is 5.56 Å². The second-order valence-electron chi connectivity index (χ2n) is 3.04.